The lowest BCUT2D eigenvalue weighted by molar-refractivity contribution is 0.140. The summed E-state index contributed by atoms with van der Waals surface area (Å²) in [4.78, 5) is -0.259. The number of nitrogens with zero attached hydrogens (tertiary/aromatic N) is 1. The Kier molecular flexibility index (Phi) is 5.01. The van der Waals surface area contributed by atoms with Crippen LogP contribution in [0.2, 0.25) is 0 Å². The highest BCUT2D eigenvalue weighted by atomic mass is 32.2. The Labute approximate surface area is 126 Å². The summed E-state index contributed by atoms with van der Waals surface area (Å²) in [5.41, 5.74) is 5.35. The lowest BCUT2D eigenvalue weighted by atomic mass is 9.81. The second-order valence-corrected chi connectivity index (χ2v) is 7.42. The normalized spacial score (nSPS) is 18.9. The summed E-state index contributed by atoms with van der Waals surface area (Å²) in [6.45, 7) is 2.35. The topological polar surface area (TPSA) is 63.4 Å². The fraction of sp³-hybridized carbons (Fsp3) is 0.600. The summed E-state index contributed by atoms with van der Waals surface area (Å²) in [5.74, 6) is -0.709. The molecular weight excluding hydrogens is 291 g/mol. The van der Waals surface area contributed by atoms with Crippen LogP contribution < -0.4 is 5.73 Å². The van der Waals surface area contributed by atoms with Crippen LogP contribution in [0.15, 0.2) is 29.2 Å². The van der Waals surface area contributed by atoms with E-state index in [4.69, 9.17) is 5.73 Å². The van der Waals surface area contributed by atoms with Crippen LogP contribution in [-0.4, -0.2) is 31.4 Å². The highest BCUT2D eigenvalue weighted by Crippen LogP contribution is 2.36. The van der Waals surface area contributed by atoms with Crippen LogP contribution >= 0.6 is 0 Å². The van der Waals surface area contributed by atoms with E-state index in [1.54, 1.807) is 13.0 Å². The van der Waals surface area contributed by atoms with Crippen LogP contribution in [-0.2, 0) is 10.0 Å². The molecule has 0 aliphatic heterocycles. The molecule has 0 atom stereocenters. The SMILES string of the molecule is CCN(C1(CN)CCCCC1)S(=O)(=O)c1ccccc1F. The first-order valence-corrected chi connectivity index (χ1v) is 8.89. The summed E-state index contributed by atoms with van der Waals surface area (Å²) in [6.07, 6.45) is 4.50. The molecule has 6 heteroatoms. The largest absolute Gasteiger partial charge is 0.329 e. The van der Waals surface area contributed by atoms with Crippen molar-refractivity contribution in [2.75, 3.05) is 13.1 Å². The maximum Gasteiger partial charge on any atom is 0.246 e. The molecule has 21 heavy (non-hydrogen) atoms. The van der Waals surface area contributed by atoms with Gasteiger partial charge in [0.2, 0.25) is 10.0 Å². The first kappa shape index (κ1) is 16.4. The molecule has 0 heterocycles. The minimum absolute atomic E-state index is 0.259. The zero-order valence-corrected chi connectivity index (χ0v) is 13.2. The summed E-state index contributed by atoms with van der Waals surface area (Å²) >= 11 is 0. The predicted molar refractivity (Wildman–Crippen MR) is 80.8 cm³/mol. The molecule has 118 valence electrons. The first-order valence-electron chi connectivity index (χ1n) is 7.45. The Balaban J connectivity index is 2.47. The van der Waals surface area contributed by atoms with Gasteiger partial charge in [-0.1, -0.05) is 38.3 Å². The van der Waals surface area contributed by atoms with Gasteiger partial charge in [0.1, 0.15) is 10.7 Å². The molecule has 4 nitrogen and oxygen atoms in total. The molecule has 2 rings (SSSR count). The van der Waals surface area contributed by atoms with Crippen molar-refractivity contribution in [3.8, 4) is 0 Å². The van der Waals surface area contributed by atoms with E-state index in [2.05, 4.69) is 0 Å². The Hall–Kier alpha value is -0.980. The van der Waals surface area contributed by atoms with Gasteiger partial charge in [0.05, 0.1) is 0 Å². The molecular formula is C15H23FN2O2S. The van der Waals surface area contributed by atoms with Gasteiger partial charge in [-0.2, -0.15) is 4.31 Å². The molecule has 1 aliphatic rings. The minimum Gasteiger partial charge on any atom is -0.329 e. The third-order valence-corrected chi connectivity index (χ3v) is 6.50. The fourth-order valence-electron chi connectivity index (χ4n) is 3.30. The van der Waals surface area contributed by atoms with Gasteiger partial charge in [-0.25, -0.2) is 12.8 Å². The zero-order chi connectivity index (χ0) is 15.5. The standard InChI is InChI=1S/C15H23FN2O2S/c1-2-18(15(12-17)10-6-3-7-11-15)21(19,20)14-9-5-4-8-13(14)16/h4-5,8-9H,2-3,6-7,10-12,17H2,1H3. The number of hydrogen-bond acceptors (Lipinski definition) is 3. The van der Waals surface area contributed by atoms with Crippen molar-refractivity contribution in [3.05, 3.63) is 30.1 Å². The molecule has 0 amide bonds. The van der Waals surface area contributed by atoms with Crippen molar-refractivity contribution in [2.45, 2.75) is 49.5 Å². The first-order chi connectivity index (χ1) is 9.98. The van der Waals surface area contributed by atoms with Gasteiger partial charge in [-0.05, 0) is 25.0 Å². The number of nitrogens with two attached hydrogens (primary N) is 1. The van der Waals surface area contributed by atoms with Crippen LogP contribution in [0.25, 0.3) is 0 Å². The lowest BCUT2D eigenvalue weighted by Gasteiger charge is -2.44. The third kappa shape index (κ3) is 2.98. The number of rotatable bonds is 5. The van der Waals surface area contributed by atoms with E-state index in [0.29, 0.717) is 6.54 Å². The van der Waals surface area contributed by atoms with Gasteiger partial charge in [-0.15, -0.1) is 0 Å². The number of benzene rings is 1. The van der Waals surface area contributed by atoms with Gasteiger partial charge >= 0.3 is 0 Å². The summed E-state index contributed by atoms with van der Waals surface area (Å²) in [6, 6.07) is 5.53. The summed E-state index contributed by atoms with van der Waals surface area (Å²) in [5, 5.41) is 0. The second kappa shape index (κ2) is 6.42. The molecule has 1 saturated carbocycles. The highest BCUT2D eigenvalue weighted by molar-refractivity contribution is 7.89. The average Bonchev–Trinajstić information content (AvgIpc) is 2.49. The van der Waals surface area contributed by atoms with Crippen molar-refractivity contribution in [1.82, 2.24) is 4.31 Å². The predicted octanol–water partition coefficient (Wildman–Crippen LogP) is 2.50. The molecule has 0 radical (unpaired) electrons. The van der Waals surface area contributed by atoms with E-state index in [1.165, 1.54) is 22.5 Å². The molecule has 1 aromatic rings. The lowest BCUT2D eigenvalue weighted by Crippen LogP contribution is -2.57. The molecule has 0 unspecified atom stereocenters. The smallest absolute Gasteiger partial charge is 0.246 e. The molecule has 1 fully saturated rings. The highest BCUT2D eigenvalue weighted by Gasteiger charge is 2.43. The summed E-state index contributed by atoms with van der Waals surface area (Å²) < 4.78 is 41.1. The molecule has 2 N–H and O–H groups in total. The maximum atomic E-state index is 13.9. The van der Waals surface area contributed by atoms with Crippen LogP contribution in [0, 0.1) is 5.82 Å². The monoisotopic (exact) mass is 314 g/mol. The van der Waals surface area contributed by atoms with Crippen LogP contribution in [0.1, 0.15) is 39.0 Å². The van der Waals surface area contributed by atoms with Crippen LogP contribution in [0.4, 0.5) is 4.39 Å². The van der Waals surface area contributed by atoms with E-state index in [1.807, 2.05) is 0 Å². The van der Waals surface area contributed by atoms with E-state index in [-0.39, 0.29) is 11.4 Å². The fourth-order valence-corrected chi connectivity index (χ4v) is 5.21. The van der Waals surface area contributed by atoms with E-state index in [0.717, 1.165) is 32.1 Å². The molecule has 0 aromatic heterocycles. The van der Waals surface area contributed by atoms with E-state index < -0.39 is 21.4 Å². The van der Waals surface area contributed by atoms with Gasteiger partial charge in [0.15, 0.2) is 0 Å². The number of likely N-dealkylation sites (N-methyl/N-ethyl adjacent to an activating group) is 1. The molecule has 1 aromatic carbocycles. The number of hydrogen-bond donors (Lipinski definition) is 1. The minimum atomic E-state index is -3.87. The van der Waals surface area contributed by atoms with Crippen molar-refractivity contribution in [1.29, 1.82) is 0 Å². The maximum absolute atomic E-state index is 13.9. The summed E-state index contributed by atoms with van der Waals surface area (Å²) in [7, 11) is -3.87. The van der Waals surface area contributed by atoms with E-state index >= 15 is 0 Å². The van der Waals surface area contributed by atoms with Crippen molar-refractivity contribution < 1.29 is 12.8 Å². The van der Waals surface area contributed by atoms with E-state index in [9.17, 15) is 12.8 Å². The third-order valence-electron chi connectivity index (χ3n) is 4.39. The van der Waals surface area contributed by atoms with Crippen LogP contribution in [0.3, 0.4) is 0 Å². The van der Waals surface area contributed by atoms with Gasteiger partial charge in [-0.3, -0.25) is 0 Å². The Morgan fingerprint density at radius 2 is 1.86 bits per heavy atom. The second-order valence-electron chi connectivity index (χ2n) is 5.59. The number of sulfonamides is 1. The molecule has 0 spiro atoms. The Morgan fingerprint density at radius 1 is 1.24 bits per heavy atom. The Bertz CT molecular complexity index is 583. The zero-order valence-electron chi connectivity index (χ0n) is 12.4. The molecule has 0 saturated heterocycles. The Morgan fingerprint density at radius 3 is 2.38 bits per heavy atom. The van der Waals surface area contributed by atoms with Gasteiger partial charge in [0.25, 0.3) is 0 Å². The van der Waals surface area contributed by atoms with Gasteiger partial charge < -0.3 is 5.73 Å². The molecule has 1 aliphatic carbocycles. The van der Waals surface area contributed by atoms with Crippen molar-refractivity contribution in [3.63, 3.8) is 0 Å². The molecule has 0 bridgehead atoms. The number of halogens is 1. The quantitative estimate of drug-likeness (QED) is 0.908. The van der Waals surface area contributed by atoms with Gasteiger partial charge in [0, 0.05) is 18.6 Å². The van der Waals surface area contributed by atoms with Crippen molar-refractivity contribution >= 4 is 10.0 Å². The van der Waals surface area contributed by atoms with Crippen molar-refractivity contribution in [2.24, 2.45) is 5.73 Å². The van der Waals surface area contributed by atoms with Crippen LogP contribution in [0.5, 0.6) is 0 Å². The average molecular weight is 314 g/mol.